The Bertz CT molecular complexity index is 1120. The number of aliphatic hydroxyl groups is 1. The zero-order chi connectivity index (χ0) is 25.3. The van der Waals surface area contributed by atoms with Crippen molar-refractivity contribution in [1.29, 1.82) is 0 Å². The summed E-state index contributed by atoms with van der Waals surface area (Å²) in [6.07, 6.45) is -0.747. The van der Waals surface area contributed by atoms with Crippen molar-refractivity contribution in [3.8, 4) is 0 Å². The van der Waals surface area contributed by atoms with Gasteiger partial charge in [0.15, 0.2) is 0 Å². The molecule has 0 saturated carbocycles. The third-order valence-corrected chi connectivity index (χ3v) is 5.29. The van der Waals surface area contributed by atoms with Crippen LogP contribution in [0.15, 0.2) is 42.4 Å². The van der Waals surface area contributed by atoms with E-state index in [0.717, 1.165) is 21.9 Å². The molecule has 2 aromatic rings. The van der Waals surface area contributed by atoms with Gasteiger partial charge in [0.2, 0.25) is 0 Å². The van der Waals surface area contributed by atoms with Gasteiger partial charge < -0.3 is 15.2 Å². The summed E-state index contributed by atoms with van der Waals surface area (Å²) in [5.41, 5.74) is 1.57. The number of amides is 1. The number of hydrogen-bond donors (Lipinski definition) is 2. The topological polar surface area (TPSA) is 87.6 Å². The van der Waals surface area contributed by atoms with E-state index >= 15 is 0 Å². The number of allylic oxidation sites excluding steroid dienone is 2. The number of carbonyl (C=O) groups is 1. The molecule has 2 aromatic heterocycles. The van der Waals surface area contributed by atoms with E-state index in [-0.39, 0.29) is 6.42 Å². The molecule has 10 heteroatoms. The average Bonchev–Trinajstić information content (AvgIpc) is 2.74. The van der Waals surface area contributed by atoms with Crippen LogP contribution in [-0.2, 0) is 4.74 Å². The number of aliphatic hydroxyl groups excluding tert-OH is 1. The lowest BCUT2D eigenvalue weighted by atomic mass is 9.95. The Morgan fingerprint density at radius 2 is 1.85 bits per heavy atom. The van der Waals surface area contributed by atoms with Gasteiger partial charge in [-0.3, -0.25) is 9.88 Å². The molecule has 1 aliphatic heterocycles. The highest BCUT2D eigenvalue weighted by Crippen LogP contribution is 2.29. The Morgan fingerprint density at radius 1 is 1.21 bits per heavy atom. The zero-order valence-corrected chi connectivity index (χ0v) is 19.8. The number of carbonyl (C=O) groups excluding carboxylic acids is 1. The van der Waals surface area contributed by atoms with Crippen molar-refractivity contribution >= 4 is 28.3 Å². The van der Waals surface area contributed by atoms with E-state index in [2.05, 4.69) is 15.3 Å². The van der Waals surface area contributed by atoms with Crippen molar-refractivity contribution in [3.63, 3.8) is 0 Å². The van der Waals surface area contributed by atoms with Crippen LogP contribution in [0.3, 0.4) is 0 Å². The molecule has 3 rings (SSSR count). The minimum Gasteiger partial charge on any atom is -0.443 e. The Balaban J connectivity index is 1.75. The molecule has 7 nitrogen and oxygen atoms in total. The monoisotopic (exact) mass is 478 g/mol. The molecular weight excluding hydrogens is 449 g/mol. The summed E-state index contributed by atoms with van der Waals surface area (Å²) in [7, 11) is 1.58. The normalized spacial score (nSPS) is 17.5. The molecular formula is C24H29F3N4O3. The van der Waals surface area contributed by atoms with Gasteiger partial charge in [-0.15, -0.1) is 0 Å². The lowest BCUT2D eigenvalue weighted by Gasteiger charge is -2.26. The maximum atomic E-state index is 12.4. The standard InChI is InChI=1S/C24H29F3N4O3/c1-14-8-19(20(32)6-7-24(25,26)27)29-13-17(14)18-9-15-12-30-21(10-16(15)11-28-18)31(5)22(33)34-23(2,3)4/h8-13,19-20,29,32H,6-7H2,1-5H3. The molecule has 0 radical (unpaired) electrons. The zero-order valence-electron chi connectivity index (χ0n) is 19.8. The van der Waals surface area contributed by atoms with Gasteiger partial charge in [0, 0.05) is 48.4 Å². The fraction of sp³-hybridized carbons (Fsp3) is 0.458. The third-order valence-electron chi connectivity index (χ3n) is 5.29. The first-order valence-electron chi connectivity index (χ1n) is 10.9. The Hall–Kier alpha value is -3.14. The van der Waals surface area contributed by atoms with Crippen LogP contribution in [-0.4, -0.2) is 52.1 Å². The maximum Gasteiger partial charge on any atom is 0.415 e. The van der Waals surface area contributed by atoms with Crippen molar-refractivity contribution in [2.24, 2.45) is 0 Å². The second-order valence-corrected chi connectivity index (χ2v) is 9.32. The van der Waals surface area contributed by atoms with E-state index in [0.29, 0.717) is 11.5 Å². The quantitative estimate of drug-likeness (QED) is 0.632. The maximum absolute atomic E-state index is 12.4. The molecule has 34 heavy (non-hydrogen) atoms. The molecule has 2 N–H and O–H groups in total. The number of aromatic nitrogens is 2. The molecule has 0 bridgehead atoms. The van der Waals surface area contributed by atoms with Crippen LogP contribution < -0.4 is 10.2 Å². The first kappa shape index (κ1) is 25.5. The number of dihydropyridines is 1. The number of rotatable bonds is 5. The molecule has 1 amide bonds. The van der Waals surface area contributed by atoms with Crippen molar-refractivity contribution < 1.29 is 27.8 Å². The summed E-state index contributed by atoms with van der Waals surface area (Å²) in [4.78, 5) is 22.5. The second kappa shape index (κ2) is 9.61. The first-order chi connectivity index (χ1) is 15.7. The largest absolute Gasteiger partial charge is 0.443 e. The summed E-state index contributed by atoms with van der Waals surface area (Å²) < 4.78 is 42.7. The average molecular weight is 479 g/mol. The molecule has 0 saturated heterocycles. The predicted molar refractivity (Wildman–Crippen MR) is 124 cm³/mol. The number of ether oxygens (including phenoxy) is 1. The van der Waals surface area contributed by atoms with Crippen molar-refractivity contribution in [2.75, 3.05) is 11.9 Å². The van der Waals surface area contributed by atoms with Crippen LogP contribution in [0, 0.1) is 0 Å². The van der Waals surface area contributed by atoms with E-state index in [4.69, 9.17) is 4.74 Å². The fourth-order valence-corrected chi connectivity index (χ4v) is 3.47. The summed E-state index contributed by atoms with van der Waals surface area (Å²) >= 11 is 0. The van der Waals surface area contributed by atoms with Gasteiger partial charge >= 0.3 is 12.3 Å². The summed E-state index contributed by atoms with van der Waals surface area (Å²) in [5, 5.41) is 14.7. The molecule has 3 heterocycles. The number of pyridine rings is 2. The van der Waals surface area contributed by atoms with E-state index in [1.807, 2.05) is 13.0 Å². The number of halogens is 3. The highest BCUT2D eigenvalue weighted by molar-refractivity contribution is 5.92. The van der Waals surface area contributed by atoms with Gasteiger partial charge in [-0.2, -0.15) is 13.2 Å². The van der Waals surface area contributed by atoms with Gasteiger partial charge in [0.25, 0.3) is 0 Å². The second-order valence-electron chi connectivity index (χ2n) is 9.32. The highest BCUT2D eigenvalue weighted by Gasteiger charge is 2.30. The number of hydrogen-bond acceptors (Lipinski definition) is 6. The SMILES string of the molecule is CC1=CC(C(O)CCC(F)(F)F)NC=C1c1cc2cnc(N(C)C(=O)OC(C)(C)C)cc2cn1. The number of alkyl halides is 3. The van der Waals surface area contributed by atoms with Crippen LogP contribution in [0.4, 0.5) is 23.8 Å². The van der Waals surface area contributed by atoms with Crippen LogP contribution >= 0.6 is 0 Å². The van der Waals surface area contributed by atoms with Gasteiger partial charge in [-0.25, -0.2) is 9.78 Å². The summed E-state index contributed by atoms with van der Waals surface area (Å²) in [6, 6.07) is 2.96. The van der Waals surface area contributed by atoms with Gasteiger partial charge in [0.05, 0.1) is 17.8 Å². The number of nitrogens with one attached hydrogen (secondary N) is 1. The fourth-order valence-electron chi connectivity index (χ4n) is 3.47. The molecule has 2 unspecified atom stereocenters. The van der Waals surface area contributed by atoms with E-state index in [1.165, 1.54) is 4.90 Å². The Morgan fingerprint density at radius 3 is 2.47 bits per heavy atom. The predicted octanol–water partition coefficient (Wildman–Crippen LogP) is 4.96. The van der Waals surface area contributed by atoms with Crippen LogP contribution in [0.5, 0.6) is 0 Å². The van der Waals surface area contributed by atoms with E-state index in [1.54, 1.807) is 58.6 Å². The summed E-state index contributed by atoms with van der Waals surface area (Å²) in [6.45, 7) is 7.18. The molecule has 2 atom stereocenters. The summed E-state index contributed by atoms with van der Waals surface area (Å²) in [5.74, 6) is 0.418. The highest BCUT2D eigenvalue weighted by atomic mass is 19.4. The van der Waals surface area contributed by atoms with E-state index < -0.39 is 36.4 Å². The van der Waals surface area contributed by atoms with Crippen molar-refractivity contribution in [3.05, 3.63) is 48.1 Å². The van der Waals surface area contributed by atoms with Crippen LogP contribution in [0.1, 0.15) is 46.2 Å². The lowest BCUT2D eigenvalue weighted by Crippen LogP contribution is -2.38. The number of fused-ring (bicyclic) bond motifs is 1. The smallest absolute Gasteiger partial charge is 0.415 e. The van der Waals surface area contributed by atoms with Gasteiger partial charge in [0.1, 0.15) is 11.4 Å². The Kier molecular flexibility index (Phi) is 7.21. The van der Waals surface area contributed by atoms with Gasteiger partial charge in [-0.1, -0.05) is 6.08 Å². The van der Waals surface area contributed by atoms with Gasteiger partial charge in [-0.05, 0) is 51.8 Å². The van der Waals surface area contributed by atoms with Crippen molar-refractivity contribution in [1.82, 2.24) is 15.3 Å². The Labute approximate surface area is 196 Å². The molecule has 184 valence electrons. The lowest BCUT2D eigenvalue weighted by molar-refractivity contribution is -0.140. The third kappa shape index (κ3) is 6.47. The number of anilines is 1. The first-order valence-corrected chi connectivity index (χ1v) is 10.9. The molecule has 0 fully saturated rings. The molecule has 0 aromatic carbocycles. The molecule has 1 aliphatic rings. The van der Waals surface area contributed by atoms with Crippen molar-refractivity contribution in [2.45, 2.75) is 64.5 Å². The number of nitrogens with zero attached hydrogens (tertiary/aromatic N) is 3. The molecule has 0 spiro atoms. The van der Waals surface area contributed by atoms with Crippen LogP contribution in [0.2, 0.25) is 0 Å². The minimum atomic E-state index is -4.31. The minimum absolute atomic E-state index is 0.381. The van der Waals surface area contributed by atoms with E-state index in [9.17, 15) is 23.1 Å². The molecule has 0 aliphatic carbocycles. The van der Waals surface area contributed by atoms with Crippen LogP contribution in [0.25, 0.3) is 16.3 Å².